The van der Waals surface area contributed by atoms with Crippen LogP contribution in [0.25, 0.3) is 11.1 Å². The van der Waals surface area contributed by atoms with Gasteiger partial charge < -0.3 is 4.74 Å². The lowest BCUT2D eigenvalue weighted by Gasteiger charge is -2.10. The molecular formula is C23H16F2N4O3S. The Morgan fingerprint density at radius 1 is 1.00 bits per heavy atom. The molecule has 0 unspecified atom stereocenters. The lowest BCUT2D eigenvalue weighted by molar-refractivity contribution is 0.480. The average Bonchev–Trinajstić information content (AvgIpc) is 3.26. The van der Waals surface area contributed by atoms with Gasteiger partial charge in [-0.15, -0.1) is 0 Å². The average molecular weight is 466 g/mol. The van der Waals surface area contributed by atoms with Crippen molar-refractivity contribution in [1.82, 2.24) is 14.8 Å². The summed E-state index contributed by atoms with van der Waals surface area (Å²) in [5, 5.41) is 13.6. The van der Waals surface area contributed by atoms with E-state index in [0.29, 0.717) is 33.8 Å². The van der Waals surface area contributed by atoms with E-state index in [-0.39, 0.29) is 11.4 Å². The Kier molecular flexibility index (Phi) is 5.89. The molecule has 0 radical (unpaired) electrons. The van der Waals surface area contributed by atoms with E-state index in [4.69, 9.17) is 4.74 Å². The van der Waals surface area contributed by atoms with E-state index >= 15 is 0 Å². The van der Waals surface area contributed by atoms with Crippen LogP contribution < -0.4 is 4.74 Å². The van der Waals surface area contributed by atoms with Crippen LogP contribution in [-0.4, -0.2) is 29.4 Å². The molecule has 0 aliphatic carbocycles. The first-order valence-corrected chi connectivity index (χ1v) is 11.5. The zero-order valence-corrected chi connectivity index (χ0v) is 18.1. The van der Waals surface area contributed by atoms with Gasteiger partial charge in [0.2, 0.25) is 0 Å². The van der Waals surface area contributed by atoms with E-state index in [1.54, 1.807) is 24.3 Å². The van der Waals surface area contributed by atoms with Crippen molar-refractivity contribution in [2.75, 3.05) is 6.26 Å². The fraction of sp³-hybridized carbons (Fsp3) is 0.0870. The van der Waals surface area contributed by atoms with Crippen LogP contribution in [-0.2, 0) is 16.4 Å². The monoisotopic (exact) mass is 466 g/mol. The highest BCUT2D eigenvalue weighted by Gasteiger charge is 2.12. The molecule has 2 heterocycles. The molecule has 166 valence electrons. The van der Waals surface area contributed by atoms with Crippen LogP contribution in [0.5, 0.6) is 11.5 Å². The number of hydrogen-bond donors (Lipinski definition) is 0. The lowest BCUT2D eigenvalue weighted by Crippen LogP contribution is -2.03. The summed E-state index contributed by atoms with van der Waals surface area (Å²) >= 11 is 0. The first kappa shape index (κ1) is 22.1. The summed E-state index contributed by atoms with van der Waals surface area (Å²) in [6.45, 7) is 0.200. The molecule has 0 amide bonds. The molecule has 0 aliphatic rings. The normalized spacial score (nSPS) is 11.2. The molecule has 0 bridgehead atoms. The third kappa shape index (κ3) is 5.05. The number of aromatic nitrogens is 3. The van der Waals surface area contributed by atoms with Gasteiger partial charge in [0.1, 0.15) is 16.4 Å². The first-order valence-electron chi connectivity index (χ1n) is 9.57. The summed E-state index contributed by atoms with van der Waals surface area (Å²) < 4.78 is 57.2. The van der Waals surface area contributed by atoms with Gasteiger partial charge in [-0.1, -0.05) is 12.1 Å². The Bertz CT molecular complexity index is 1490. The third-order valence-corrected chi connectivity index (χ3v) is 5.84. The molecule has 4 aromatic rings. The van der Waals surface area contributed by atoms with Crippen molar-refractivity contribution >= 4 is 9.84 Å². The molecule has 2 aromatic heterocycles. The molecule has 0 spiro atoms. The highest BCUT2D eigenvalue weighted by atomic mass is 32.2. The first-order chi connectivity index (χ1) is 15.7. The summed E-state index contributed by atoms with van der Waals surface area (Å²) in [5.41, 5.74) is 1.92. The summed E-state index contributed by atoms with van der Waals surface area (Å²) in [6.07, 6.45) is 6.71. The number of sulfone groups is 1. The zero-order valence-electron chi connectivity index (χ0n) is 17.2. The number of rotatable bonds is 6. The maximum atomic E-state index is 13.6. The predicted molar refractivity (Wildman–Crippen MR) is 115 cm³/mol. The summed E-state index contributed by atoms with van der Waals surface area (Å²) in [7, 11) is -3.37. The second kappa shape index (κ2) is 8.80. The largest absolute Gasteiger partial charge is 0.456 e. The van der Waals surface area contributed by atoms with Gasteiger partial charge in [0, 0.05) is 24.2 Å². The van der Waals surface area contributed by atoms with Gasteiger partial charge in [0.25, 0.3) is 0 Å². The molecule has 0 atom stereocenters. The van der Waals surface area contributed by atoms with E-state index in [9.17, 15) is 22.5 Å². The van der Waals surface area contributed by atoms with Crippen LogP contribution in [0.1, 0.15) is 11.1 Å². The smallest absolute Gasteiger partial charge is 0.178 e. The Hall–Kier alpha value is -4.10. The minimum atomic E-state index is -3.37. The number of nitrogens with zero attached hydrogens (tertiary/aromatic N) is 4. The van der Waals surface area contributed by atoms with Gasteiger partial charge >= 0.3 is 0 Å². The number of halogens is 2. The van der Waals surface area contributed by atoms with Crippen LogP contribution in [0.2, 0.25) is 0 Å². The Balaban J connectivity index is 1.55. The Labute approximate surface area is 188 Å². The second-order valence-electron chi connectivity index (χ2n) is 7.22. The minimum Gasteiger partial charge on any atom is -0.456 e. The third-order valence-electron chi connectivity index (χ3n) is 4.77. The molecule has 0 saturated carbocycles. The highest BCUT2D eigenvalue weighted by molar-refractivity contribution is 7.90. The van der Waals surface area contributed by atoms with Gasteiger partial charge in [-0.05, 0) is 41.5 Å². The molecular weight excluding hydrogens is 450 g/mol. The maximum absolute atomic E-state index is 13.6. The van der Waals surface area contributed by atoms with Crippen molar-refractivity contribution < 1.29 is 21.9 Å². The number of ether oxygens (including phenoxy) is 1. The van der Waals surface area contributed by atoms with Crippen LogP contribution in [0, 0.1) is 23.0 Å². The van der Waals surface area contributed by atoms with Crippen molar-refractivity contribution in [1.29, 1.82) is 5.26 Å². The topological polar surface area (TPSA) is 97.9 Å². The van der Waals surface area contributed by atoms with E-state index in [0.717, 1.165) is 18.4 Å². The minimum absolute atomic E-state index is 0.0920. The van der Waals surface area contributed by atoms with Crippen LogP contribution in [0.3, 0.4) is 0 Å². The van der Waals surface area contributed by atoms with Crippen LogP contribution in [0.4, 0.5) is 8.78 Å². The quantitative estimate of drug-likeness (QED) is 0.419. The molecule has 7 nitrogen and oxygen atoms in total. The fourth-order valence-corrected chi connectivity index (χ4v) is 3.65. The molecule has 4 rings (SSSR count). The van der Waals surface area contributed by atoms with Crippen LogP contribution in [0.15, 0.2) is 72.1 Å². The number of benzene rings is 2. The summed E-state index contributed by atoms with van der Waals surface area (Å²) in [5.74, 6) is -1.18. The maximum Gasteiger partial charge on any atom is 0.178 e. The van der Waals surface area contributed by atoms with Gasteiger partial charge in [-0.2, -0.15) is 10.4 Å². The van der Waals surface area contributed by atoms with E-state index in [2.05, 4.69) is 16.2 Å². The van der Waals surface area contributed by atoms with Crippen molar-refractivity contribution in [3.63, 3.8) is 0 Å². The van der Waals surface area contributed by atoms with Crippen LogP contribution >= 0.6 is 0 Å². The molecule has 33 heavy (non-hydrogen) atoms. The van der Waals surface area contributed by atoms with Gasteiger partial charge in [0.15, 0.2) is 21.5 Å². The predicted octanol–water partition coefficient (Wildman–Crippen LogP) is 4.34. The molecule has 0 fully saturated rings. The molecule has 0 aliphatic heterocycles. The summed E-state index contributed by atoms with van der Waals surface area (Å²) in [4.78, 5) is 4.17. The lowest BCUT2D eigenvalue weighted by atomic mass is 10.1. The van der Waals surface area contributed by atoms with Gasteiger partial charge in [-0.25, -0.2) is 17.2 Å². The Morgan fingerprint density at radius 3 is 2.52 bits per heavy atom. The van der Waals surface area contributed by atoms with Crippen molar-refractivity contribution in [3.05, 3.63) is 90.0 Å². The van der Waals surface area contributed by atoms with Crippen molar-refractivity contribution in [3.8, 4) is 28.7 Å². The van der Waals surface area contributed by atoms with Crippen molar-refractivity contribution in [2.45, 2.75) is 11.4 Å². The van der Waals surface area contributed by atoms with Crippen molar-refractivity contribution in [2.24, 2.45) is 0 Å². The summed E-state index contributed by atoms with van der Waals surface area (Å²) in [6, 6.07) is 12.1. The highest BCUT2D eigenvalue weighted by Crippen LogP contribution is 2.28. The zero-order chi connectivity index (χ0) is 23.6. The standard InChI is InChI=1S/C23H16F2N4O3S/c1-33(30,31)21-12-28-29(14-21)13-16-2-4-19(6-17(16)9-26)32-20-7-18(10-27-11-20)15-3-5-22(24)23(25)8-15/h2-8,10-12,14H,13H2,1H3. The number of hydrogen-bond acceptors (Lipinski definition) is 6. The number of pyridine rings is 1. The fourth-order valence-electron chi connectivity index (χ4n) is 3.10. The van der Waals surface area contributed by atoms with E-state index in [1.807, 2.05) is 0 Å². The van der Waals surface area contributed by atoms with E-state index < -0.39 is 21.5 Å². The molecule has 0 saturated heterocycles. The number of nitriles is 1. The van der Waals surface area contributed by atoms with Gasteiger partial charge in [0.05, 0.1) is 30.6 Å². The van der Waals surface area contributed by atoms with E-state index in [1.165, 1.54) is 35.5 Å². The molecule has 0 N–H and O–H groups in total. The SMILES string of the molecule is CS(=O)(=O)c1cnn(Cc2ccc(Oc3cncc(-c4ccc(F)c(F)c4)c3)cc2C#N)c1. The molecule has 2 aromatic carbocycles. The molecule has 10 heteroatoms. The second-order valence-corrected chi connectivity index (χ2v) is 9.23. The van der Waals surface area contributed by atoms with Gasteiger partial charge in [-0.3, -0.25) is 9.67 Å². The Morgan fingerprint density at radius 2 is 1.82 bits per heavy atom.